The number of pyridine rings is 1. The fraction of sp³-hybridized carbons (Fsp3) is 0.250. The zero-order valence-corrected chi connectivity index (χ0v) is 13.6. The van der Waals surface area contributed by atoms with Gasteiger partial charge in [-0.2, -0.15) is 0 Å². The van der Waals surface area contributed by atoms with E-state index in [9.17, 15) is 4.79 Å². The molecule has 3 aromatic heterocycles. The number of carbonyl (C=O) groups is 1. The molecule has 0 aliphatic carbocycles. The molecule has 3 aromatic rings. The molecule has 0 spiro atoms. The summed E-state index contributed by atoms with van der Waals surface area (Å²) in [6.45, 7) is 3.22. The molecule has 118 valence electrons. The van der Waals surface area contributed by atoms with Gasteiger partial charge in [-0.25, -0.2) is 9.97 Å². The van der Waals surface area contributed by atoms with Gasteiger partial charge in [0.25, 0.3) is 5.91 Å². The lowest BCUT2D eigenvalue weighted by atomic mass is 10.3. The van der Waals surface area contributed by atoms with Gasteiger partial charge in [-0.3, -0.25) is 9.78 Å². The van der Waals surface area contributed by atoms with Crippen molar-refractivity contribution in [3.8, 4) is 0 Å². The molecule has 0 aliphatic rings. The van der Waals surface area contributed by atoms with E-state index in [4.69, 9.17) is 0 Å². The SMILES string of the molecule is CCc1cc2c(NCCNC(=O)c3cccnc3)ncnc2s1. The molecular weight excluding hydrogens is 310 g/mol. The highest BCUT2D eigenvalue weighted by molar-refractivity contribution is 7.18. The molecule has 3 rings (SSSR count). The predicted molar refractivity (Wildman–Crippen MR) is 91.9 cm³/mol. The van der Waals surface area contributed by atoms with Gasteiger partial charge in [0.05, 0.1) is 10.9 Å². The van der Waals surface area contributed by atoms with Gasteiger partial charge < -0.3 is 10.6 Å². The largest absolute Gasteiger partial charge is 0.368 e. The lowest BCUT2D eigenvalue weighted by Gasteiger charge is -2.07. The molecule has 7 heteroatoms. The topological polar surface area (TPSA) is 79.8 Å². The maximum Gasteiger partial charge on any atom is 0.252 e. The highest BCUT2D eigenvalue weighted by Gasteiger charge is 2.08. The summed E-state index contributed by atoms with van der Waals surface area (Å²) in [5.41, 5.74) is 0.558. The third-order valence-corrected chi connectivity index (χ3v) is 4.54. The second-order valence-electron chi connectivity index (χ2n) is 4.93. The van der Waals surface area contributed by atoms with Crippen molar-refractivity contribution < 1.29 is 4.79 Å². The lowest BCUT2D eigenvalue weighted by molar-refractivity contribution is 0.0955. The van der Waals surface area contributed by atoms with Crippen LogP contribution in [0.4, 0.5) is 5.82 Å². The van der Waals surface area contributed by atoms with E-state index in [-0.39, 0.29) is 5.91 Å². The number of nitrogens with one attached hydrogen (secondary N) is 2. The van der Waals surface area contributed by atoms with Gasteiger partial charge in [0.15, 0.2) is 0 Å². The van der Waals surface area contributed by atoms with Crippen molar-refractivity contribution in [1.29, 1.82) is 0 Å². The number of rotatable bonds is 6. The Morgan fingerprint density at radius 2 is 2.22 bits per heavy atom. The van der Waals surface area contributed by atoms with Crippen molar-refractivity contribution in [2.75, 3.05) is 18.4 Å². The summed E-state index contributed by atoms with van der Waals surface area (Å²) in [7, 11) is 0. The van der Waals surface area contributed by atoms with Crippen LogP contribution < -0.4 is 10.6 Å². The molecule has 3 heterocycles. The minimum Gasteiger partial charge on any atom is -0.368 e. The summed E-state index contributed by atoms with van der Waals surface area (Å²) < 4.78 is 0. The Morgan fingerprint density at radius 3 is 3.00 bits per heavy atom. The predicted octanol–water partition coefficient (Wildman–Crippen LogP) is 2.49. The average molecular weight is 327 g/mol. The standard InChI is InChI=1S/C16H17N5OS/c1-2-12-8-13-14(20-10-21-16(13)23-12)18-6-7-19-15(22)11-4-3-5-17-9-11/h3-5,8-10H,2,6-7H2,1H3,(H,19,22)(H,18,20,21). The van der Waals surface area contributed by atoms with Crippen LogP contribution in [0.15, 0.2) is 36.9 Å². The average Bonchev–Trinajstić information content (AvgIpc) is 3.03. The summed E-state index contributed by atoms with van der Waals surface area (Å²) in [4.78, 5) is 26.7. The number of anilines is 1. The quantitative estimate of drug-likeness (QED) is 0.680. The molecule has 6 nitrogen and oxygen atoms in total. The third-order valence-electron chi connectivity index (χ3n) is 3.36. The molecule has 1 amide bonds. The minimum absolute atomic E-state index is 0.128. The molecule has 0 saturated carbocycles. The number of nitrogens with zero attached hydrogens (tertiary/aromatic N) is 3. The number of aryl methyl sites for hydroxylation is 1. The molecule has 0 fully saturated rings. The van der Waals surface area contributed by atoms with E-state index < -0.39 is 0 Å². The van der Waals surface area contributed by atoms with E-state index in [2.05, 4.69) is 38.6 Å². The molecule has 0 aliphatic heterocycles. The smallest absolute Gasteiger partial charge is 0.252 e. The van der Waals surface area contributed by atoms with Crippen LogP contribution in [0.3, 0.4) is 0 Å². The third kappa shape index (κ3) is 3.62. The second kappa shape index (κ2) is 7.15. The van der Waals surface area contributed by atoms with E-state index in [1.807, 2.05) is 0 Å². The Hall–Kier alpha value is -2.54. The summed E-state index contributed by atoms with van der Waals surface area (Å²) in [5, 5.41) is 7.14. The highest BCUT2D eigenvalue weighted by Crippen LogP contribution is 2.28. The fourth-order valence-electron chi connectivity index (χ4n) is 2.18. The highest BCUT2D eigenvalue weighted by atomic mass is 32.1. The number of amides is 1. The van der Waals surface area contributed by atoms with Crippen LogP contribution in [-0.2, 0) is 6.42 Å². The fourth-order valence-corrected chi connectivity index (χ4v) is 3.11. The zero-order chi connectivity index (χ0) is 16.1. The van der Waals surface area contributed by atoms with Crippen molar-refractivity contribution in [3.63, 3.8) is 0 Å². The number of carbonyl (C=O) groups excluding carboxylic acids is 1. The maximum atomic E-state index is 11.9. The molecule has 0 bridgehead atoms. The van der Waals surface area contributed by atoms with Gasteiger partial charge in [0.2, 0.25) is 0 Å². The van der Waals surface area contributed by atoms with Crippen molar-refractivity contribution in [3.05, 3.63) is 47.4 Å². The van der Waals surface area contributed by atoms with Gasteiger partial charge >= 0.3 is 0 Å². The van der Waals surface area contributed by atoms with Crippen molar-refractivity contribution in [2.24, 2.45) is 0 Å². The van der Waals surface area contributed by atoms with E-state index in [0.29, 0.717) is 18.7 Å². The van der Waals surface area contributed by atoms with Crippen LogP contribution in [0.2, 0.25) is 0 Å². The van der Waals surface area contributed by atoms with Crippen molar-refractivity contribution in [1.82, 2.24) is 20.3 Å². The van der Waals surface area contributed by atoms with Crippen LogP contribution in [0.5, 0.6) is 0 Å². The summed E-state index contributed by atoms with van der Waals surface area (Å²) >= 11 is 1.69. The number of hydrogen-bond acceptors (Lipinski definition) is 6. The van der Waals surface area contributed by atoms with Crippen LogP contribution in [-0.4, -0.2) is 33.9 Å². The molecule has 2 N–H and O–H groups in total. The van der Waals surface area contributed by atoms with E-state index in [0.717, 1.165) is 22.5 Å². The number of thiophene rings is 1. The Bertz CT molecular complexity index is 803. The summed E-state index contributed by atoms with van der Waals surface area (Å²) in [6.07, 6.45) is 5.74. The maximum absolute atomic E-state index is 11.9. The van der Waals surface area contributed by atoms with Gasteiger partial charge in [-0.15, -0.1) is 11.3 Å². The van der Waals surface area contributed by atoms with Gasteiger partial charge in [0, 0.05) is 30.4 Å². The van der Waals surface area contributed by atoms with Crippen molar-refractivity contribution >= 4 is 33.3 Å². The van der Waals surface area contributed by atoms with Gasteiger partial charge in [-0.1, -0.05) is 6.92 Å². The van der Waals surface area contributed by atoms with Crippen molar-refractivity contribution in [2.45, 2.75) is 13.3 Å². The first-order valence-corrected chi connectivity index (χ1v) is 8.25. The molecule has 23 heavy (non-hydrogen) atoms. The van der Waals surface area contributed by atoms with Crippen LogP contribution in [0.25, 0.3) is 10.2 Å². The Balaban J connectivity index is 1.57. The van der Waals surface area contributed by atoms with Gasteiger partial charge in [0.1, 0.15) is 17.0 Å². The Labute approximate surface area is 138 Å². The monoisotopic (exact) mass is 327 g/mol. The normalized spacial score (nSPS) is 10.7. The molecule has 0 atom stereocenters. The first-order chi connectivity index (χ1) is 11.3. The number of fused-ring (bicyclic) bond motifs is 1. The lowest BCUT2D eigenvalue weighted by Crippen LogP contribution is -2.28. The first kappa shape index (κ1) is 15.4. The number of aromatic nitrogens is 3. The molecule has 0 aromatic carbocycles. The summed E-state index contributed by atoms with van der Waals surface area (Å²) in [5.74, 6) is 0.679. The molecule has 0 unspecified atom stereocenters. The Morgan fingerprint density at radius 1 is 1.30 bits per heavy atom. The Kier molecular flexibility index (Phi) is 4.77. The molecule has 0 saturated heterocycles. The summed E-state index contributed by atoms with van der Waals surface area (Å²) in [6, 6.07) is 5.60. The minimum atomic E-state index is -0.128. The first-order valence-electron chi connectivity index (χ1n) is 7.43. The van der Waals surface area contributed by atoms with E-state index in [1.54, 1.807) is 42.2 Å². The van der Waals surface area contributed by atoms with Gasteiger partial charge in [-0.05, 0) is 24.6 Å². The number of hydrogen-bond donors (Lipinski definition) is 2. The molecule has 0 radical (unpaired) electrons. The second-order valence-corrected chi connectivity index (χ2v) is 6.05. The zero-order valence-electron chi connectivity index (χ0n) is 12.7. The molecular formula is C16H17N5OS. The van der Waals surface area contributed by atoms with Crippen LogP contribution in [0, 0.1) is 0 Å². The van der Waals surface area contributed by atoms with E-state index >= 15 is 0 Å². The van der Waals surface area contributed by atoms with Crippen LogP contribution in [0.1, 0.15) is 22.2 Å². The van der Waals surface area contributed by atoms with Crippen LogP contribution >= 0.6 is 11.3 Å². The van der Waals surface area contributed by atoms with E-state index in [1.165, 1.54) is 4.88 Å².